The number of methoxy groups -OCH3 is 1. The Morgan fingerprint density at radius 3 is 2.70 bits per heavy atom. The van der Waals surface area contributed by atoms with Gasteiger partial charge < -0.3 is 15.0 Å². The maximum atomic E-state index is 13.0. The number of carbonyl (C=O) groups is 1. The van der Waals surface area contributed by atoms with E-state index < -0.39 is 0 Å². The van der Waals surface area contributed by atoms with Gasteiger partial charge in [-0.3, -0.25) is 4.79 Å². The molecule has 0 aromatic heterocycles. The number of hydrogen-bond donors (Lipinski definition) is 1. The van der Waals surface area contributed by atoms with Crippen molar-refractivity contribution < 1.29 is 9.53 Å². The summed E-state index contributed by atoms with van der Waals surface area (Å²) in [5, 5.41) is 3.47. The first kappa shape index (κ1) is 16.1. The average Bonchev–Trinajstić information content (AvgIpc) is 2.91. The van der Waals surface area contributed by atoms with E-state index in [0.717, 1.165) is 45.4 Å². The van der Waals surface area contributed by atoms with Crippen LogP contribution in [0.25, 0.3) is 0 Å². The number of ether oxygens (including phenoxy) is 1. The van der Waals surface area contributed by atoms with Crippen molar-refractivity contribution in [2.45, 2.75) is 44.6 Å². The Labute approximate surface area is 128 Å². The minimum atomic E-state index is -0.0713. The van der Waals surface area contributed by atoms with Gasteiger partial charge in [0.25, 0.3) is 0 Å². The van der Waals surface area contributed by atoms with Crippen molar-refractivity contribution in [1.29, 1.82) is 0 Å². The van der Waals surface area contributed by atoms with E-state index in [0.29, 0.717) is 17.9 Å². The summed E-state index contributed by atoms with van der Waals surface area (Å²) in [6.07, 6.45) is 7.18. The first-order valence-corrected chi connectivity index (χ1v) is 7.79. The molecule has 1 N–H and O–H groups in total. The molecule has 1 saturated carbocycles. The zero-order chi connectivity index (χ0) is 13.3. The normalized spacial score (nSPS) is 34.5. The van der Waals surface area contributed by atoms with E-state index in [2.05, 4.69) is 10.2 Å². The van der Waals surface area contributed by atoms with Crippen molar-refractivity contribution in [3.8, 4) is 0 Å². The lowest BCUT2D eigenvalue weighted by Gasteiger charge is -2.42. The summed E-state index contributed by atoms with van der Waals surface area (Å²) in [6, 6.07) is 0. The van der Waals surface area contributed by atoms with E-state index in [1.54, 1.807) is 7.11 Å². The van der Waals surface area contributed by atoms with Crippen molar-refractivity contribution in [3.63, 3.8) is 0 Å². The standard InChI is InChI=1S/C15H26N2O2.ClH/c1-19-13-5-8-17(9-6-13)14(18)15-7-3-2-4-12(15)10-16-11-15;/h12-13,16H,2-11H2,1H3;1H/t12-,15+;/m0./s1. The number of hydrogen-bond acceptors (Lipinski definition) is 3. The molecule has 4 nitrogen and oxygen atoms in total. The monoisotopic (exact) mass is 302 g/mol. The second-order valence-corrected chi connectivity index (χ2v) is 6.46. The van der Waals surface area contributed by atoms with Gasteiger partial charge in [0, 0.05) is 26.7 Å². The molecule has 1 amide bonds. The molecule has 2 atom stereocenters. The number of halogens is 1. The highest BCUT2D eigenvalue weighted by Gasteiger charge is 2.51. The van der Waals surface area contributed by atoms with Gasteiger partial charge in [0.1, 0.15) is 0 Å². The van der Waals surface area contributed by atoms with Gasteiger partial charge in [-0.2, -0.15) is 0 Å². The molecule has 1 aliphatic carbocycles. The summed E-state index contributed by atoms with van der Waals surface area (Å²) >= 11 is 0. The second-order valence-electron chi connectivity index (χ2n) is 6.46. The molecule has 2 heterocycles. The third kappa shape index (κ3) is 2.70. The van der Waals surface area contributed by atoms with Crippen LogP contribution in [0.1, 0.15) is 38.5 Å². The van der Waals surface area contributed by atoms with Crippen molar-refractivity contribution in [2.75, 3.05) is 33.3 Å². The molecule has 116 valence electrons. The van der Waals surface area contributed by atoms with Crippen LogP contribution in [0.2, 0.25) is 0 Å². The Hall–Kier alpha value is -0.320. The molecule has 0 aromatic carbocycles. The van der Waals surface area contributed by atoms with Crippen LogP contribution >= 0.6 is 12.4 Å². The molecule has 0 bridgehead atoms. The Kier molecular flexibility index (Phi) is 5.32. The van der Waals surface area contributed by atoms with Gasteiger partial charge in [-0.25, -0.2) is 0 Å². The molecule has 20 heavy (non-hydrogen) atoms. The average molecular weight is 303 g/mol. The highest BCUT2D eigenvalue weighted by molar-refractivity contribution is 5.85. The van der Waals surface area contributed by atoms with Gasteiger partial charge in [0.2, 0.25) is 5.91 Å². The largest absolute Gasteiger partial charge is 0.381 e. The Balaban J connectivity index is 0.00000147. The van der Waals surface area contributed by atoms with Gasteiger partial charge in [0.05, 0.1) is 11.5 Å². The summed E-state index contributed by atoms with van der Waals surface area (Å²) in [5.74, 6) is 1.01. The first-order chi connectivity index (χ1) is 9.26. The summed E-state index contributed by atoms with van der Waals surface area (Å²) in [5.41, 5.74) is -0.0713. The van der Waals surface area contributed by atoms with Crippen LogP contribution in [0.3, 0.4) is 0 Å². The number of piperidine rings is 1. The molecule has 3 rings (SSSR count). The fourth-order valence-electron chi connectivity index (χ4n) is 4.28. The zero-order valence-corrected chi connectivity index (χ0v) is 13.2. The Morgan fingerprint density at radius 2 is 2.00 bits per heavy atom. The minimum absolute atomic E-state index is 0. The first-order valence-electron chi connectivity index (χ1n) is 7.79. The minimum Gasteiger partial charge on any atom is -0.381 e. The third-order valence-electron chi connectivity index (χ3n) is 5.53. The van der Waals surface area contributed by atoms with Crippen LogP contribution < -0.4 is 5.32 Å². The predicted molar refractivity (Wildman–Crippen MR) is 81.1 cm³/mol. The lowest BCUT2D eigenvalue weighted by Crippen LogP contribution is -2.52. The molecule has 2 saturated heterocycles. The Morgan fingerprint density at radius 1 is 1.25 bits per heavy atom. The topological polar surface area (TPSA) is 41.6 Å². The maximum Gasteiger partial charge on any atom is 0.230 e. The predicted octanol–water partition coefficient (Wildman–Crippen LogP) is 1.83. The van der Waals surface area contributed by atoms with Crippen LogP contribution in [0.5, 0.6) is 0 Å². The number of fused-ring (bicyclic) bond motifs is 1. The molecule has 3 fully saturated rings. The van der Waals surface area contributed by atoms with E-state index in [1.807, 2.05) is 0 Å². The van der Waals surface area contributed by atoms with Gasteiger partial charge >= 0.3 is 0 Å². The van der Waals surface area contributed by atoms with Crippen LogP contribution in [0.15, 0.2) is 0 Å². The molecule has 0 spiro atoms. The van der Waals surface area contributed by atoms with Crippen molar-refractivity contribution in [3.05, 3.63) is 0 Å². The highest BCUT2D eigenvalue weighted by atomic mass is 35.5. The SMILES string of the molecule is COC1CCN(C(=O)[C@@]23CCCC[C@H]2CNC3)CC1.Cl. The van der Waals surface area contributed by atoms with Gasteiger partial charge in [-0.05, 0) is 38.1 Å². The van der Waals surface area contributed by atoms with Crippen LogP contribution in [-0.4, -0.2) is 50.2 Å². The molecule has 0 aromatic rings. The van der Waals surface area contributed by atoms with Crippen molar-refractivity contribution in [2.24, 2.45) is 11.3 Å². The molecule has 2 aliphatic heterocycles. The summed E-state index contributed by atoms with van der Waals surface area (Å²) in [7, 11) is 1.78. The highest BCUT2D eigenvalue weighted by Crippen LogP contribution is 2.45. The second kappa shape index (κ2) is 6.63. The van der Waals surface area contributed by atoms with E-state index in [-0.39, 0.29) is 17.8 Å². The van der Waals surface area contributed by atoms with Gasteiger partial charge in [0.15, 0.2) is 0 Å². The molecule has 3 aliphatic rings. The number of carbonyl (C=O) groups excluding carboxylic acids is 1. The molecular formula is C15H27ClN2O2. The van der Waals surface area contributed by atoms with E-state index in [4.69, 9.17) is 4.74 Å². The molecule has 0 radical (unpaired) electrons. The summed E-state index contributed by atoms with van der Waals surface area (Å²) < 4.78 is 5.40. The van der Waals surface area contributed by atoms with E-state index >= 15 is 0 Å². The smallest absolute Gasteiger partial charge is 0.230 e. The molecular weight excluding hydrogens is 276 g/mol. The van der Waals surface area contributed by atoms with E-state index in [1.165, 1.54) is 19.3 Å². The molecule has 0 unspecified atom stereocenters. The fraction of sp³-hybridized carbons (Fsp3) is 0.933. The number of nitrogens with zero attached hydrogens (tertiary/aromatic N) is 1. The zero-order valence-electron chi connectivity index (χ0n) is 12.4. The molecule has 5 heteroatoms. The maximum absolute atomic E-state index is 13.0. The number of amides is 1. The quantitative estimate of drug-likeness (QED) is 0.846. The Bertz CT molecular complexity index is 345. The van der Waals surface area contributed by atoms with Crippen LogP contribution in [0.4, 0.5) is 0 Å². The number of nitrogens with one attached hydrogen (secondary N) is 1. The number of likely N-dealkylation sites (tertiary alicyclic amines) is 1. The fourth-order valence-corrected chi connectivity index (χ4v) is 4.28. The summed E-state index contributed by atoms with van der Waals surface area (Å²) in [4.78, 5) is 15.1. The van der Waals surface area contributed by atoms with Gasteiger partial charge in [-0.15, -0.1) is 12.4 Å². The van der Waals surface area contributed by atoms with Gasteiger partial charge in [-0.1, -0.05) is 12.8 Å². The lowest BCUT2D eigenvalue weighted by atomic mass is 9.67. The third-order valence-corrected chi connectivity index (χ3v) is 5.53. The van der Waals surface area contributed by atoms with Crippen molar-refractivity contribution >= 4 is 18.3 Å². The summed E-state index contributed by atoms with van der Waals surface area (Å²) in [6.45, 7) is 3.71. The van der Waals surface area contributed by atoms with Crippen molar-refractivity contribution in [1.82, 2.24) is 10.2 Å². The van der Waals surface area contributed by atoms with E-state index in [9.17, 15) is 4.79 Å². The van der Waals surface area contributed by atoms with Crippen LogP contribution in [0, 0.1) is 11.3 Å². The van der Waals surface area contributed by atoms with Crippen LogP contribution in [-0.2, 0) is 9.53 Å². The number of rotatable bonds is 2. The lowest BCUT2D eigenvalue weighted by molar-refractivity contribution is -0.147.